The van der Waals surface area contributed by atoms with E-state index in [1.54, 1.807) is 14.2 Å². The molecule has 114 valence electrons. The van der Waals surface area contributed by atoms with Gasteiger partial charge in [0, 0.05) is 18.2 Å². The van der Waals surface area contributed by atoms with E-state index in [0.717, 1.165) is 30.9 Å². The molecule has 4 rings (SSSR count). The fourth-order valence-electron chi connectivity index (χ4n) is 3.92. The van der Waals surface area contributed by atoms with Gasteiger partial charge in [-0.05, 0) is 60.3 Å². The third-order valence-electron chi connectivity index (χ3n) is 5.12. The maximum absolute atomic E-state index is 5.69. The molecule has 0 saturated carbocycles. The Bertz CT molecular complexity index is 738. The van der Waals surface area contributed by atoms with Crippen molar-refractivity contribution >= 4 is 0 Å². The van der Waals surface area contributed by atoms with Crippen LogP contribution in [0.15, 0.2) is 30.3 Å². The summed E-state index contributed by atoms with van der Waals surface area (Å²) in [7, 11) is 5.71. The van der Waals surface area contributed by atoms with E-state index in [-0.39, 0.29) is 0 Å². The quantitative estimate of drug-likeness (QED) is 0.847. The van der Waals surface area contributed by atoms with Crippen LogP contribution in [0, 0.1) is 0 Å². The Hall–Kier alpha value is -2.00. The molecule has 1 aliphatic heterocycles. The van der Waals surface area contributed by atoms with Crippen LogP contribution in [0.4, 0.5) is 0 Å². The lowest BCUT2D eigenvalue weighted by molar-refractivity contribution is 0.227. The molecule has 0 N–H and O–H groups in total. The second-order valence-electron chi connectivity index (χ2n) is 6.19. The van der Waals surface area contributed by atoms with Crippen LogP contribution in [0.3, 0.4) is 0 Å². The SMILES string of the molecule is COc1ccc2c(c1)-c1c(OC)ccc3c1C(C2)N(C)CC3. The summed E-state index contributed by atoms with van der Waals surface area (Å²) in [5.41, 5.74) is 6.82. The minimum atomic E-state index is 0.453. The van der Waals surface area contributed by atoms with Gasteiger partial charge in [0.1, 0.15) is 11.5 Å². The Morgan fingerprint density at radius 3 is 2.64 bits per heavy atom. The van der Waals surface area contributed by atoms with E-state index in [0.29, 0.717) is 6.04 Å². The second-order valence-corrected chi connectivity index (χ2v) is 6.19. The highest BCUT2D eigenvalue weighted by Gasteiger charge is 2.34. The van der Waals surface area contributed by atoms with Crippen molar-refractivity contribution in [2.24, 2.45) is 0 Å². The topological polar surface area (TPSA) is 21.7 Å². The van der Waals surface area contributed by atoms with Crippen molar-refractivity contribution in [1.82, 2.24) is 4.90 Å². The largest absolute Gasteiger partial charge is 0.497 e. The van der Waals surface area contributed by atoms with E-state index >= 15 is 0 Å². The molecule has 1 heterocycles. The van der Waals surface area contributed by atoms with Crippen molar-refractivity contribution in [3.63, 3.8) is 0 Å². The summed E-state index contributed by atoms with van der Waals surface area (Å²) in [6.45, 7) is 1.12. The van der Waals surface area contributed by atoms with Crippen molar-refractivity contribution < 1.29 is 9.47 Å². The van der Waals surface area contributed by atoms with Gasteiger partial charge in [-0.3, -0.25) is 4.90 Å². The van der Waals surface area contributed by atoms with Gasteiger partial charge in [-0.2, -0.15) is 0 Å². The maximum atomic E-state index is 5.69. The molecule has 0 spiro atoms. The van der Waals surface area contributed by atoms with Gasteiger partial charge in [0.25, 0.3) is 0 Å². The van der Waals surface area contributed by atoms with Crippen LogP contribution in [0.1, 0.15) is 22.7 Å². The summed E-state index contributed by atoms with van der Waals surface area (Å²) in [4.78, 5) is 2.47. The van der Waals surface area contributed by atoms with E-state index in [2.05, 4.69) is 42.3 Å². The fourth-order valence-corrected chi connectivity index (χ4v) is 3.92. The van der Waals surface area contributed by atoms with Crippen molar-refractivity contribution in [2.75, 3.05) is 27.8 Å². The molecule has 3 nitrogen and oxygen atoms in total. The number of benzene rings is 2. The van der Waals surface area contributed by atoms with Crippen LogP contribution < -0.4 is 9.47 Å². The molecule has 1 unspecified atom stereocenters. The molecule has 2 aliphatic rings. The molecular weight excluding hydrogens is 274 g/mol. The fraction of sp³-hybridized carbons (Fsp3) is 0.368. The monoisotopic (exact) mass is 295 g/mol. The molecule has 0 aromatic heterocycles. The van der Waals surface area contributed by atoms with Gasteiger partial charge in [0.15, 0.2) is 0 Å². The maximum Gasteiger partial charge on any atom is 0.127 e. The lowest BCUT2D eigenvalue weighted by Crippen LogP contribution is -2.35. The highest BCUT2D eigenvalue weighted by Crippen LogP contribution is 2.49. The Morgan fingerprint density at radius 1 is 1.05 bits per heavy atom. The summed E-state index contributed by atoms with van der Waals surface area (Å²) in [5, 5.41) is 0. The number of hydrogen-bond acceptors (Lipinski definition) is 3. The van der Waals surface area contributed by atoms with Crippen LogP contribution >= 0.6 is 0 Å². The zero-order valence-electron chi connectivity index (χ0n) is 13.3. The molecule has 22 heavy (non-hydrogen) atoms. The third-order valence-corrected chi connectivity index (χ3v) is 5.12. The van der Waals surface area contributed by atoms with Crippen LogP contribution in [-0.4, -0.2) is 32.7 Å². The van der Waals surface area contributed by atoms with Gasteiger partial charge in [0.2, 0.25) is 0 Å². The first-order chi connectivity index (χ1) is 10.7. The summed E-state index contributed by atoms with van der Waals surface area (Å²) in [5.74, 6) is 1.87. The molecule has 2 aromatic rings. The number of likely N-dealkylation sites (N-methyl/N-ethyl adjacent to an activating group) is 1. The van der Waals surface area contributed by atoms with Crippen LogP contribution in [-0.2, 0) is 12.8 Å². The lowest BCUT2D eigenvalue weighted by Gasteiger charge is -2.40. The number of nitrogens with zero attached hydrogens (tertiary/aromatic N) is 1. The molecule has 0 fully saturated rings. The number of hydrogen-bond donors (Lipinski definition) is 0. The summed E-state index contributed by atoms with van der Waals surface area (Å²) < 4.78 is 11.1. The van der Waals surface area contributed by atoms with Gasteiger partial charge < -0.3 is 9.47 Å². The Balaban J connectivity index is 2.03. The summed E-state index contributed by atoms with van der Waals surface area (Å²) >= 11 is 0. The predicted octanol–water partition coefficient (Wildman–Crippen LogP) is 3.46. The molecule has 0 bridgehead atoms. The van der Waals surface area contributed by atoms with Gasteiger partial charge in [0.05, 0.1) is 14.2 Å². The number of rotatable bonds is 2. The minimum Gasteiger partial charge on any atom is -0.497 e. The average molecular weight is 295 g/mol. The van der Waals surface area contributed by atoms with E-state index in [9.17, 15) is 0 Å². The first kappa shape index (κ1) is 13.6. The molecule has 0 radical (unpaired) electrons. The highest BCUT2D eigenvalue weighted by molar-refractivity contribution is 5.81. The van der Waals surface area contributed by atoms with Crippen molar-refractivity contribution in [1.29, 1.82) is 0 Å². The van der Waals surface area contributed by atoms with Gasteiger partial charge in [-0.15, -0.1) is 0 Å². The van der Waals surface area contributed by atoms with Crippen LogP contribution in [0.5, 0.6) is 11.5 Å². The number of fused-ring (bicyclic) bond motifs is 2. The van der Waals surface area contributed by atoms with Gasteiger partial charge >= 0.3 is 0 Å². The number of ether oxygens (including phenoxy) is 2. The molecule has 1 atom stereocenters. The third kappa shape index (κ3) is 1.85. The van der Waals surface area contributed by atoms with Crippen molar-refractivity contribution in [3.05, 3.63) is 47.0 Å². The molecular formula is C19H21NO2. The summed E-state index contributed by atoms with van der Waals surface area (Å²) in [6.07, 6.45) is 2.17. The first-order valence-electron chi connectivity index (χ1n) is 7.80. The number of methoxy groups -OCH3 is 2. The molecule has 1 aliphatic carbocycles. The Kier molecular flexibility index (Phi) is 3.12. The van der Waals surface area contributed by atoms with Crippen molar-refractivity contribution in [2.45, 2.75) is 18.9 Å². The zero-order valence-corrected chi connectivity index (χ0v) is 13.3. The zero-order chi connectivity index (χ0) is 15.3. The lowest BCUT2D eigenvalue weighted by atomic mass is 9.77. The standard InChI is InChI=1S/C19H21NO2/c1-20-9-8-12-5-7-17(22-3)19-15-11-14(21-2)6-4-13(15)10-16(20)18(12)19/h4-7,11,16H,8-10H2,1-3H3. The Morgan fingerprint density at radius 2 is 1.86 bits per heavy atom. The highest BCUT2D eigenvalue weighted by atomic mass is 16.5. The van der Waals surface area contributed by atoms with Crippen LogP contribution in [0.2, 0.25) is 0 Å². The normalized spacial score (nSPS) is 19.3. The molecule has 3 heteroatoms. The summed E-state index contributed by atoms with van der Waals surface area (Å²) in [6, 6.07) is 11.2. The second kappa shape index (κ2) is 5.03. The minimum absolute atomic E-state index is 0.453. The van der Waals surface area contributed by atoms with E-state index < -0.39 is 0 Å². The average Bonchev–Trinajstić information content (AvgIpc) is 2.57. The van der Waals surface area contributed by atoms with Crippen molar-refractivity contribution in [3.8, 4) is 22.6 Å². The molecule has 2 aromatic carbocycles. The van der Waals surface area contributed by atoms with Gasteiger partial charge in [-0.25, -0.2) is 0 Å². The van der Waals surface area contributed by atoms with E-state index in [1.165, 1.54) is 27.8 Å². The Labute approximate surface area is 131 Å². The van der Waals surface area contributed by atoms with E-state index in [4.69, 9.17) is 9.47 Å². The molecule has 0 amide bonds. The van der Waals surface area contributed by atoms with E-state index in [1.807, 2.05) is 0 Å². The smallest absolute Gasteiger partial charge is 0.127 e. The van der Waals surface area contributed by atoms with Crippen LogP contribution in [0.25, 0.3) is 11.1 Å². The predicted molar refractivity (Wildman–Crippen MR) is 87.8 cm³/mol. The first-order valence-corrected chi connectivity index (χ1v) is 7.80. The molecule has 0 saturated heterocycles. The van der Waals surface area contributed by atoms with Gasteiger partial charge in [-0.1, -0.05) is 12.1 Å².